The van der Waals surface area contributed by atoms with Crippen LogP contribution in [0.4, 0.5) is 0 Å². The van der Waals surface area contributed by atoms with E-state index in [1.165, 1.54) is 0 Å². The van der Waals surface area contributed by atoms with E-state index in [2.05, 4.69) is 0 Å². The number of ether oxygens (including phenoxy) is 2. The molecular formula is C23H27ClO4. The van der Waals surface area contributed by atoms with Crippen molar-refractivity contribution in [2.24, 2.45) is 5.92 Å². The zero-order chi connectivity index (χ0) is 20.8. The SMILES string of the molecule is CCOC(=O)C(C)CC(C)c1cc(C)cc(C)c1OC(=O)c1cccc(Cl)c1. The van der Waals surface area contributed by atoms with E-state index in [9.17, 15) is 9.59 Å². The summed E-state index contributed by atoms with van der Waals surface area (Å²) < 4.78 is 10.9. The van der Waals surface area contributed by atoms with Gasteiger partial charge in [0.1, 0.15) is 5.75 Å². The topological polar surface area (TPSA) is 52.6 Å². The summed E-state index contributed by atoms with van der Waals surface area (Å²) in [5.41, 5.74) is 3.25. The average molecular weight is 403 g/mol. The number of rotatable bonds is 7. The number of benzene rings is 2. The van der Waals surface area contributed by atoms with Crippen molar-refractivity contribution in [1.82, 2.24) is 0 Å². The lowest BCUT2D eigenvalue weighted by Gasteiger charge is -2.21. The Labute approximate surface area is 171 Å². The molecule has 4 nitrogen and oxygen atoms in total. The number of carbonyl (C=O) groups excluding carboxylic acids is 2. The van der Waals surface area contributed by atoms with Gasteiger partial charge in [0.05, 0.1) is 18.1 Å². The van der Waals surface area contributed by atoms with Crippen molar-refractivity contribution < 1.29 is 19.1 Å². The van der Waals surface area contributed by atoms with Crippen molar-refractivity contribution in [3.63, 3.8) is 0 Å². The number of esters is 2. The Bertz CT molecular complexity index is 860. The first-order valence-electron chi connectivity index (χ1n) is 9.48. The molecule has 2 aromatic carbocycles. The minimum Gasteiger partial charge on any atom is -0.466 e. The number of hydrogen-bond acceptors (Lipinski definition) is 4. The second-order valence-electron chi connectivity index (χ2n) is 7.19. The van der Waals surface area contributed by atoms with Crippen molar-refractivity contribution in [2.75, 3.05) is 6.61 Å². The van der Waals surface area contributed by atoms with Crippen molar-refractivity contribution in [3.8, 4) is 5.75 Å². The third-order valence-electron chi connectivity index (χ3n) is 4.63. The van der Waals surface area contributed by atoms with E-state index in [1.54, 1.807) is 31.2 Å². The van der Waals surface area contributed by atoms with Crippen LogP contribution in [0.3, 0.4) is 0 Å². The Morgan fingerprint density at radius 1 is 1.11 bits per heavy atom. The van der Waals surface area contributed by atoms with Gasteiger partial charge in [0.15, 0.2) is 0 Å². The van der Waals surface area contributed by atoms with Crippen molar-refractivity contribution in [3.05, 3.63) is 63.7 Å². The molecule has 2 aromatic rings. The van der Waals surface area contributed by atoms with Crippen LogP contribution in [0.5, 0.6) is 5.75 Å². The van der Waals surface area contributed by atoms with Gasteiger partial charge in [-0.05, 0) is 62.4 Å². The van der Waals surface area contributed by atoms with Crippen LogP contribution in [0, 0.1) is 19.8 Å². The van der Waals surface area contributed by atoms with E-state index in [1.807, 2.05) is 39.8 Å². The molecule has 150 valence electrons. The maximum Gasteiger partial charge on any atom is 0.343 e. The minimum absolute atomic E-state index is 0.0140. The second-order valence-corrected chi connectivity index (χ2v) is 7.63. The molecule has 0 amide bonds. The van der Waals surface area contributed by atoms with E-state index < -0.39 is 5.97 Å². The molecule has 2 atom stereocenters. The van der Waals surface area contributed by atoms with Gasteiger partial charge in [-0.2, -0.15) is 0 Å². The molecule has 0 bridgehead atoms. The fourth-order valence-electron chi connectivity index (χ4n) is 3.30. The summed E-state index contributed by atoms with van der Waals surface area (Å²) in [6, 6.07) is 10.7. The predicted octanol–water partition coefficient (Wildman–Crippen LogP) is 5.87. The highest BCUT2D eigenvalue weighted by molar-refractivity contribution is 6.30. The van der Waals surface area contributed by atoms with E-state index in [0.29, 0.717) is 29.4 Å². The highest BCUT2D eigenvalue weighted by atomic mass is 35.5. The van der Waals surface area contributed by atoms with E-state index in [-0.39, 0.29) is 17.8 Å². The number of carbonyl (C=O) groups is 2. The standard InChI is InChI=1S/C23H27ClO4/c1-6-27-22(25)17(5)12-15(3)20-11-14(2)10-16(4)21(20)28-23(26)18-8-7-9-19(24)13-18/h7-11,13,15,17H,6,12H2,1-5H3. The van der Waals surface area contributed by atoms with Gasteiger partial charge in [0.2, 0.25) is 0 Å². The fourth-order valence-corrected chi connectivity index (χ4v) is 3.49. The van der Waals surface area contributed by atoms with Crippen LogP contribution in [0.25, 0.3) is 0 Å². The van der Waals surface area contributed by atoms with Crippen LogP contribution < -0.4 is 4.74 Å². The van der Waals surface area contributed by atoms with Crippen LogP contribution in [0.15, 0.2) is 36.4 Å². The lowest BCUT2D eigenvalue weighted by Crippen LogP contribution is -2.18. The van der Waals surface area contributed by atoms with Gasteiger partial charge >= 0.3 is 11.9 Å². The Kier molecular flexibility index (Phi) is 7.64. The molecule has 0 saturated carbocycles. The van der Waals surface area contributed by atoms with Gasteiger partial charge in [-0.25, -0.2) is 4.79 Å². The summed E-state index contributed by atoms with van der Waals surface area (Å²) in [4.78, 5) is 24.6. The summed E-state index contributed by atoms with van der Waals surface area (Å²) in [6.07, 6.45) is 0.601. The van der Waals surface area contributed by atoms with E-state index in [4.69, 9.17) is 21.1 Å². The van der Waals surface area contributed by atoms with Gasteiger partial charge < -0.3 is 9.47 Å². The maximum absolute atomic E-state index is 12.6. The highest BCUT2D eigenvalue weighted by Gasteiger charge is 2.23. The smallest absolute Gasteiger partial charge is 0.343 e. The normalized spacial score (nSPS) is 12.9. The summed E-state index contributed by atoms with van der Waals surface area (Å²) in [7, 11) is 0. The molecule has 0 radical (unpaired) electrons. The van der Waals surface area contributed by atoms with E-state index in [0.717, 1.165) is 16.7 Å². The Balaban J connectivity index is 2.29. The zero-order valence-corrected chi connectivity index (χ0v) is 17.8. The lowest BCUT2D eigenvalue weighted by atomic mass is 9.88. The maximum atomic E-state index is 12.6. The molecule has 5 heteroatoms. The predicted molar refractivity (Wildman–Crippen MR) is 111 cm³/mol. The van der Waals surface area contributed by atoms with Gasteiger partial charge in [-0.3, -0.25) is 4.79 Å². The molecule has 0 N–H and O–H groups in total. The quantitative estimate of drug-likeness (QED) is 0.429. The van der Waals surface area contributed by atoms with Gasteiger partial charge in [0.25, 0.3) is 0 Å². The summed E-state index contributed by atoms with van der Waals surface area (Å²) in [5.74, 6) is -0.357. The second kappa shape index (κ2) is 9.74. The molecule has 28 heavy (non-hydrogen) atoms. The molecule has 0 spiro atoms. The third kappa shape index (κ3) is 5.59. The van der Waals surface area contributed by atoms with Crippen LogP contribution in [0.2, 0.25) is 5.02 Å². The zero-order valence-electron chi connectivity index (χ0n) is 17.0. The fraction of sp³-hybridized carbons (Fsp3) is 0.391. The van der Waals surface area contributed by atoms with Crippen LogP contribution in [-0.2, 0) is 9.53 Å². The first kappa shape index (κ1) is 22.0. The number of hydrogen-bond donors (Lipinski definition) is 0. The average Bonchev–Trinajstić information content (AvgIpc) is 2.63. The molecule has 2 rings (SSSR count). The molecule has 0 aliphatic carbocycles. The van der Waals surface area contributed by atoms with Gasteiger partial charge in [0, 0.05) is 5.02 Å². The van der Waals surface area contributed by atoms with Crippen molar-refractivity contribution >= 4 is 23.5 Å². The molecule has 0 aliphatic heterocycles. The van der Waals surface area contributed by atoms with Crippen LogP contribution in [0.1, 0.15) is 60.2 Å². The largest absolute Gasteiger partial charge is 0.466 e. The highest BCUT2D eigenvalue weighted by Crippen LogP contribution is 2.35. The summed E-state index contributed by atoms with van der Waals surface area (Å²) >= 11 is 5.99. The number of halogens is 1. The number of aryl methyl sites for hydroxylation is 2. The molecule has 0 aliphatic rings. The van der Waals surface area contributed by atoms with Crippen LogP contribution >= 0.6 is 11.6 Å². The first-order valence-corrected chi connectivity index (χ1v) is 9.86. The molecule has 2 unspecified atom stereocenters. The Hall–Kier alpha value is -2.33. The Morgan fingerprint density at radius 2 is 1.82 bits per heavy atom. The first-order chi connectivity index (χ1) is 13.2. The van der Waals surface area contributed by atoms with Gasteiger partial charge in [-0.1, -0.05) is 49.2 Å². The molecular weight excluding hydrogens is 376 g/mol. The van der Waals surface area contributed by atoms with Crippen molar-refractivity contribution in [2.45, 2.75) is 47.0 Å². The molecule has 0 fully saturated rings. The minimum atomic E-state index is -0.457. The Morgan fingerprint density at radius 3 is 2.46 bits per heavy atom. The molecule has 0 aromatic heterocycles. The van der Waals surface area contributed by atoms with Crippen LogP contribution in [-0.4, -0.2) is 18.5 Å². The monoisotopic (exact) mass is 402 g/mol. The summed E-state index contributed by atoms with van der Waals surface area (Å²) in [6.45, 7) is 9.96. The lowest BCUT2D eigenvalue weighted by molar-refractivity contribution is -0.147. The molecule has 0 saturated heterocycles. The molecule has 0 heterocycles. The van der Waals surface area contributed by atoms with E-state index >= 15 is 0 Å². The van der Waals surface area contributed by atoms with Gasteiger partial charge in [-0.15, -0.1) is 0 Å². The third-order valence-corrected chi connectivity index (χ3v) is 4.86. The van der Waals surface area contributed by atoms with Crippen molar-refractivity contribution in [1.29, 1.82) is 0 Å². The summed E-state index contributed by atoms with van der Waals surface area (Å²) in [5, 5.41) is 0.479.